The van der Waals surface area contributed by atoms with Crippen LogP contribution in [0, 0.1) is 13.8 Å². The zero-order valence-electron chi connectivity index (χ0n) is 29.0. The predicted molar refractivity (Wildman–Crippen MR) is 192 cm³/mol. The van der Waals surface area contributed by atoms with Gasteiger partial charge in [-0.15, -0.1) is 0 Å². The molecular formula is C40H54Si2. The molecular weight excluding hydrogens is 537 g/mol. The number of hydrogen-bond acceptors (Lipinski definition) is 0. The Morgan fingerprint density at radius 2 is 1.21 bits per heavy atom. The zero-order valence-corrected chi connectivity index (χ0v) is 31.0. The monoisotopic (exact) mass is 590 g/mol. The first-order valence-electron chi connectivity index (χ1n) is 15.7. The van der Waals surface area contributed by atoms with E-state index >= 15 is 0 Å². The van der Waals surface area contributed by atoms with E-state index in [0.29, 0.717) is 9.52 Å². The van der Waals surface area contributed by atoms with Gasteiger partial charge in [0.05, 0.1) is 17.6 Å². The van der Waals surface area contributed by atoms with Crippen LogP contribution in [0.2, 0.25) is 24.7 Å². The summed E-state index contributed by atoms with van der Waals surface area (Å²) in [6.07, 6.45) is 1.02. The van der Waals surface area contributed by atoms with E-state index in [1.54, 1.807) is 16.3 Å². The van der Waals surface area contributed by atoms with Gasteiger partial charge in [-0.05, 0) is 90.8 Å². The molecule has 222 valence electrons. The average molecular weight is 591 g/mol. The van der Waals surface area contributed by atoms with E-state index in [4.69, 9.17) is 0 Å². The first-order valence-corrected chi connectivity index (χ1v) is 20.2. The maximum Gasteiger partial charge on any atom is 0.0992 e. The number of benzene rings is 3. The van der Waals surface area contributed by atoms with E-state index in [1.807, 2.05) is 0 Å². The summed E-state index contributed by atoms with van der Waals surface area (Å²) in [5.41, 5.74) is 14.6. The molecule has 0 bridgehead atoms. The van der Waals surface area contributed by atoms with Crippen LogP contribution in [-0.2, 0) is 17.3 Å². The predicted octanol–water partition coefficient (Wildman–Crippen LogP) is 10.00. The smallest absolute Gasteiger partial charge is 0.0656 e. The molecule has 4 rings (SSSR count). The van der Waals surface area contributed by atoms with Gasteiger partial charge in [-0.1, -0.05) is 149 Å². The lowest BCUT2D eigenvalue weighted by Crippen LogP contribution is -2.41. The van der Waals surface area contributed by atoms with Crippen molar-refractivity contribution in [2.24, 2.45) is 0 Å². The lowest BCUT2D eigenvalue weighted by Gasteiger charge is -2.37. The van der Waals surface area contributed by atoms with Crippen LogP contribution in [0.1, 0.15) is 95.7 Å². The Morgan fingerprint density at radius 3 is 1.71 bits per heavy atom. The fourth-order valence-corrected chi connectivity index (χ4v) is 9.96. The van der Waals surface area contributed by atoms with Crippen molar-refractivity contribution in [3.8, 4) is 0 Å². The molecule has 0 fully saturated rings. The lowest BCUT2D eigenvalue weighted by molar-refractivity contribution is 0.568. The second kappa shape index (κ2) is 11.3. The highest BCUT2D eigenvalue weighted by Gasteiger charge is 2.44. The van der Waals surface area contributed by atoms with Crippen LogP contribution in [0.5, 0.6) is 0 Å². The third-order valence-corrected chi connectivity index (χ3v) is 13.2. The van der Waals surface area contributed by atoms with E-state index in [0.717, 1.165) is 6.42 Å². The van der Waals surface area contributed by atoms with Crippen LogP contribution in [0.15, 0.2) is 77.4 Å². The summed E-state index contributed by atoms with van der Waals surface area (Å²) in [5.74, 6) is 0. The van der Waals surface area contributed by atoms with Crippen molar-refractivity contribution in [1.29, 1.82) is 0 Å². The second-order valence-electron chi connectivity index (χ2n) is 16.1. The molecule has 0 N–H and O–H groups in total. The Hall–Kier alpha value is -2.43. The molecule has 1 aliphatic carbocycles. The molecule has 0 heterocycles. The van der Waals surface area contributed by atoms with Crippen LogP contribution in [0.3, 0.4) is 0 Å². The SMILES string of the molecule is CC1=C(C)C(Cc2cc(C)cc(C)c2)([Si]c2cccc([Si](C)(C)C)c2)C(c2cc(C(C)(C)C)cc(C(C)(C)C)c2)=C1C. The number of hydrogen-bond donors (Lipinski definition) is 0. The van der Waals surface area contributed by atoms with Gasteiger partial charge in [0.25, 0.3) is 0 Å². The highest BCUT2D eigenvalue weighted by atomic mass is 28.3. The van der Waals surface area contributed by atoms with Crippen molar-refractivity contribution < 1.29 is 0 Å². The van der Waals surface area contributed by atoms with E-state index in [1.165, 1.54) is 49.7 Å². The van der Waals surface area contributed by atoms with Crippen molar-refractivity contribution in [3.05, 3.63) is 111 Å². The molecule has 3 aromatic carbocycles. The second-order valence-corrected chi connectivity index (χ2v) is 22.8. The van der Waals surface area contributed by atoms with E-state index in [-0.39, 0.29) is 15.9 Å². The first kappa shape index (κ1) is 32.5. The fourth-order valence-electron chi connectivity index (χ4n) is 6.61. The Morgan fingerprint density at radius 1 is 0.667 bits per heavy atom. The van der Waals surface area contributed by atoms with Crippen molar-refractivity contribution in [1.82, 2.24) is 0 Å². The molecule has 2 radical (unpaired) electrons. The quantitative estimate of drug-likeness (QED) is 0.251. The van der Waals surface area contributed by atoms with Gasteiger partial charge < -0.3 is 0 Å². The minimum Gasteiger partial charge on any atom is -0.0656 e. The Labute approximate surface area is 261 Å². The molecule has 42 heavy (non-hydrogen) atoms. The third kappa shape index (κ3) is 6.55. The normalized spacial score (nSPS) is 18.3. The molecule has 2 heteroatoms. The minimum atomic E-state index is -1.44. The van der Waals surface area contributed by atoms with Crippen molar-refractivity contribution in [3.63, 3.8) is 0 Å². The lowest BCUT2D eigenvalue weighted by atomic mass is 9.76. The van der Waals surface area contributed by atoms with Crippen LogP contribution in [0.25, 0.3) is 5.57 Å². The third-order valence-electron chi connectivity index (χ3n) is 9.36. The molecule has 3 aromatic rings. The van der Waals surface area contributed by atoms with Crippen LogP contribution in [-0.4, -0.2) is 17.6 Å². The summed E-state index contributed by atoms with van der Waals surface area (Å²) in [4.78, 5) is 0. The summed E-state index contributed by atoms with van der Waals surface area (Å²) in [6.45, 7) is 33.2. The number of allylic oxidation sites excluding steroid dienone is 4. The molecule has 0 nitrogen and oxygen atoms in total. The van der Waals surface area contributed by atoms with E-state index < -0.39 is 8.07 Å². The molecule has 1 unspecified atom stereocenters. The first-order chi connectivity index (χ1) is 19.2. The molecule has 0 saturated carbocycles. The molecule has 0 saturated heterocycles. The summed E-state index contributed by atoms with van der Waals surface area (Å²) in [5, 5.41) is 2.96. The van der Waals surface area contributed by atoms with Crippen LogP contribution < -0.4 is 10.4 Å². The van der Waals surface area contributed by atoms with Crippen molar-refractivity contribution >= 4 is 33.5 Å². The molecule has 0 aliphatic heterocycles. The summed E-state index contributed by atoms with van der Waals surface area (Å²) < 4.78 is 0. The van der Waals surface area contributed by atoms with E-state index in [2.05, 4.69) is 156 Å². The summed E-state index contributed by atoms with van der Waals surface area (Å²) >= 11 is 0. The van der Waals surface area contributed by atoms with Gasteiger partial charge in [0.2, 0.25) is 0 Å². The van der Waals surface area contributed by atoms with Gasteiger partial charge in [-0.25, -0.2) is 0 Å². The maximum atomic E-state index is 2.55. The number of aryl methyl sites for hydroxylation is 2. The van der Waals surface area contributed by atoms with Crippen LogP contribution in [0.4, 0.5) is 0 Å². The molecule has 1 atom stereocenters. The minimum absolute atomic E-state index is 0.0743. The van der Waals surface area contributed by atoms with E-state index in [9.17, 15) is 0 Å². The average Bonchev–Trinajstić information content (AvgIpc) is 3.02. The van der Waals surface area contributed by atoms with Crippen LogP contribution >= 0.6 is 0 Å². The topological polar surface area (TPSA) is 0 Å². The number of rotatable bonds is 6. The highest BCUT2D eigenvalue weighted by Crippen LogP contribution is 2.59. The Kier molecular flexibility index (Phi) is 8.70. The molecule has 1 aliphatic rings. The molecule has 0 spiro atoms. The van der Waals surface area contributed by atoms with Crippen molar-refractivity contribution in [2.45, 2.75) is 118 Å². The summed E-state index contributed by atoms with van der Waals surface area (Å²) in [6, 6.07) is 24.3. The van der Waals surface area contributed by atoms with Gasteiger partial charge in [0.1, 0.15) is 0 Å². The van der Waals surface area contributed by atoms with Gasteiger partial charge in [-0.3, -0.25) is 0 Å². The fraction of sp³-hybridized carbons (Fsp3) is 0.450. The molecule has 0 amide bonds. The molecule has 0 aromatic heterocycles. The van der Waals surface area contributed by atoms with Gasteiger partial charge in [-0.2, -0.15) is 0 Å². The van der Waals surface area contributed by atoms with Gasteiger partial charge >= 0.3 is 0 Å². The highest BCUT2D eigenvalue weighted by molar-refractivity contribution is 6.89. The standard InChI is InChI=1S/C40H54Si2/c1-26-18-27(2)20-31(19-26)25-40(41-35-16-15-17-36(24-35)42(12,13)14)30(5)28(3)29(4)37(40)32-21-33(38(6,7)8)23-34(22-32)39(9,10)11/h15-24H,25H2,1-14H3. The largest absolute Gasteiger partial charge is 0.0992 e. The zero-order chi connectivity index (χ0) is 31.4. The summed E-state index contributed by atoms with van der Waals surface area (Å²) in [7, 11) is -0.781. The van der Waals surface area contributed by atoms with Crippen molar-refractivity contribution in [2.75, 3.05) is 0 Å². The Bertz CT molecular complexity index is 1510. The van der Waals surface area contributed by atoms with Gasteiger partial charge in [0, 0.05) is 5.04 Å². The van der Waals surface area contributed by atoms with Gasteiger partial charge in [0.15, 0.2) is 0 Å². The Balaban J connectivity index is 2.04. The maximum absolute atomic E-state index is 2.55.